The molecule has 5 nitrogen and oxygen atoms in total. The zero-order valence-corrected chi connectivity index (χ0v) is 11.3. The molecule has 0 radical (unpaired) electrons. The highest BCUT2D eigenvalue weighted by Gasteiger charge is 2.51. The lowest BCUT2D eigenvalue weighted by molar-refractivity contribution is -0.177. The minimum absolute atomic E-state index is 0.0911. The summed E-state index contributed by atoms with van der Waals surface area (Å²) in [6.45, 7) is -0.0911. The van der Waals surface area contributed by atoms with Crippen molar-refractivity contribution >= 4 is 27.7 Å². The lowest BCUT2D eigenvalue weighted by Gasteiger charge is -2.42. The Morgan fingerprint density at radius 2 is 2.00 bits per heavy atom. The van der Waals surface area contributed by atoms with E-state index in [-0.39, 0.29) is 12.5 Å². The Labute approximate surface area is 113 Å². The van der Waals surface area contributed by atoms with Crippen molar-refractivity contribution in [2.45, 2.75) is 10.6 Å². The molecule has 1 aromatic carbocycles. The normalized spacial score (nSPS) is 25.8. The second-order valence-corrected chi connectivity index (χ2v) is 5.05. The predicted octanol–water partition coefficient (Wildman–Crippen LogP) is 0.399. The number of piperazine rings is 1. The third-order valence-corrected chi connectivity index (χ3v) is 4.23. The highest BCUT2D eigenvalue weighted by atomic mass is 79.9. The average Bonchev–Trinajstić information content (AvgIpc) is 2.41. The van der Waals surface area contributed by atoms with Crippen molar-refractivity contribution in [3.63, 3.8) is 0 Å². The summed E-state index contributed by atoms with van der Waals surface area (Å²) < 4.78 is 0. The molecule has 2 amide bonds. The molecule has 18 heavy (non-hydrogen) atoms. The van der Waals surface area contributed by atoms with Crippen LogP contribution in [0.2, 0.25) is 0 Å². The van der Waals surface area contributed by atoms with Crippen LogP contribution in [-0.2, 0) is 9.59 Å². The maximum atomic E-state index is 11.9. The molecule has 2 atom stereocenters. The summed E-state index contributed by atoms with van der Waals surface area (Å²) in [5.74, 6) is -0.923. The number of likely N-dealkylation sites (N-methyl/N-ethyl adjacent to an activating group) is 1. The van der Waals surface area contributed by atoms with E-state index in [1.807, 2.05) is 6.07 Å². The van der Waals surface area contributed by atoms with Crippen molar-refractivity contribution in [3.8, 4) is 0 Å². The van der Waals surface area contributed by atoms with Gasteiger partial charge in [-0.1, -0.05) is 46.3 Å². The highest BCUT2D eigenvalue weighted by molar-refractivity contribution is 9.09. The van der Waals surface area contributed by atoms with Gasteiger partial charge in [0.05, 0.1) is 11.4 Å². The molecular formula is C12H13BrN2O3. The number of carbonyl (C=O) groups excluding carboxylic acids is 2. The molecule has 2 N–H and O–H groups in total. The number of carbonyl (C=O) groups is 2. The number of hydrogen-bond donors (Lipinski definition) is 2. The van der Waals surface area contributed by atoms with Crippen LogP contribution in [0.15, 0.2) is 30.3 Å². The summed E-state index contributed by atoms with van der Waals surface area (Å²) in [6, 6.07) is 8.99. The Hall–Kier alpha value is -1.40. The summed E-state index contributed by atoms with van der Waals surface area (Å²) in [6.07, 6.45) is 0. The van der Waals surface area contributed by atoms with Gasteiger partial charge in [-0.25, -0.2) is 0 Å². The van der Waals surface area contributed by atoms with Crippen LogP contribution in [0.3, 0.4) is 0 Å². The second kappa shape index (κ2) is 4.70. The average molecular weight is 313 g/mol. The molecule has 0 aromatic heterocycles. The molecule has 1 saturated heterocycles. The van der Waals surface area contributed by atoms with Crippen LogP contribution in [0, 0.1) is 0 Å². The van der Waals surface area contributed by atoms with Gasteiger partial charge >= 0.3 is 0 Å². The maximum absolute atomic E-state index is 11.9. The van der Waals surface area contributed by atoms with Gasteiger partial charge < -0.3 is 15.3 Å². The number of rotatable bonds is 2. The molecular weight excluding hydrogens is 300 g/mol. The molecule has 1 aliphatic heterocycles. The zero-order valence-electron chi connectivity index (χ0n) is 9.76. The standard InChI is InChI=1S/C12H13BrN2O3/c1-15-9(16)7-14-11(17)12(15,18)10(13)8-5-3-2-4-6-8/h2-6,10,18H,7H2,1H3,(H,14,17). The number of aliphatic hydroxyl groups is 1. The molecule has 6 heteroatoms. The number of benzene rings is 1. The molecule has 0 bridgehead atoms. The monoisotopic (exact) mass is 312 g/mol. The van der Waals surface area contributed by atoms with Gasteiger partial charge in [-0.05, 0) is 5.56 Å². The van der Waals surface area contributed by atoms with Crippen LogP contribution in [-0.4, -0.2) is 41.1 Å². The summed E-state index contributed by atoms with van der Waals surface area (Å²) in [7, 11) is 1.41. The lowest BCUT2D eigenvalue weighted by Crippen LogP contribution is -2.67. The second-order valence-electron chi connectivity index (χ2n) is 4.13. The van der Waals surface area contributed by atoms with Crippen LogP contribution in [0.4, 0.5) is 0 Å². The summed E-state index contributed by atoms with van der Waals surface area (Å²) in [5, 5.41) is 12.9. The number of amides is 2. The molecule has 1 aromatic rings. The van der Waals surface area contributed by atoms with Gasteiger partial charge in [0.15, 0.2) is 0 Å². The number of hydrogen-bond acceptors (Lipinski definition) is 3. The molecule has 2 unspecified atom stereocenters. The number of halogens is 1. The Morgan fingerprint density at radius 3 is 2.61 bits per heavy atom. The first-order chi connectivity index (χ1) is 8.48. The van der Waals surface area contributed by atoms with Gasteiger partial charge in [-0.2, -0.15) is 0 Å². The van der Waals surface area contributed by atoms with Gasteiger partial charge in [0, 0.05) is 7.05 Å². The van der Waals surface area contributed by atoms with Crippen molar-refractivity contribution in [3.05, 3.63) is 35.9 Å². The SMILES string of the molecule is CN1C(=O)CNC(=O)C1(O)C(Br)c1ccccc1. The van der Waals surface area contributed by atoms with E-state index in [4.69, 9.17) is 0 Å². The van der Waals surface area contributed by atoms with E-state index in [0.717, 1.165) is 10.5 Å². The van der Waals surface area contributed by atoms with Crippen LogP contribution in [0.1, 0.15) is 10.4 Å². The quantitative estimate of drug-likeness (QED) is 0.777. The first kappa shape index (κ1) is 13.0. The minimum Gasteiger partial charge on any atom is -0.362 e. The van der Waals surface area contributed by atoms with E-state index in [2.05, 4.69) is 21.2 Å². The van der Waals surface area contributed by atoms with Crippen molar-refractivity contribution in [2.75, 3.05) is 13.6 Å². The van der Waals surface area contributed by atoms with E-state index in [9.17, 15) is 14.7 Å². The summed E-state index contributed by atoms with van der Waals surface area (Å²) >= 11 is 3.31. The fourth-order valence-electron chi connectivity index (χ4n) is 1.89. The van der Waals surface area contributed by atoms with Crippen LogP contribution >= 0.6 is 15.9 Å². The first-order valence-electron chi connectivity index (χ1n) is 5.44. The topological polar surface area (TPSA) is 69.6 Å². The van der Waals surface area contributed by atoms with E-state index in [0.29, 0.717) is 0 Å². The molecule has 2 rings (SSSR count). The Kier molecular flexibility index (Phi) is 3.41. The fraction of sp³-hybridized carbons (Fsp3) is 0.333. The van der Waals surface area contributed by atoms with Crippen molar-refractivity contribution in [1.82, 2.24) is 10.2 Å². The molecule has 1 aliphatic rings. The third kappa shape index (κ3) is 1.91. The van der Waals surface area contributed by atoms with Crippen molar-refractivity contribution < 1.29 is 14.7 Å². The number of nitrogens with zero attached hydrogens (tertiary/aromatic N) is 1. The largest absolute Gasteiger partial charge is 0.362 e. The number of alkyl halides is 1. The smallest absolute Gasteiger partial charge is 0.275 e. The van der Waals surface area contributed by atoms with Crippen molar-refractivity contribution in [2.24, 2.45) is 0 Å². The molecule has 0 aliphatic carbocycles. The predicted molar refractivity (Wildman–Crippen MR) is 68.8 cm³/mol. The van der Waals surface area contributed by atoms with Gasteiger partial charge in [0.25, 0.3) is 5.91 Å². The number of nitrogens with one attached hydrogen (secondary N) is 1. The minimum atomic E-state index is -1.92. The van der Waals surface area contributed by atoms with Crippen molar-refractivity contribution in [1.29, 1.82) is 0 Å². The molecule has 0 saturated carbocycles. The Balaban J connectivity index is 2.39. The molecule has 1 fully saturated rings. The van der Waals surface area contributed by atoms with Gasteiger partial charge in [0.1, 0.15) is 0 Å². The van der Waals surface area contributed by atoms with Crippen LogP contribution in [0.5, 0.6) is 0 Å². The molecule has 1 heterocycles. The molecule has 96 valence electrons. The van der Waals surface area contributed by atoms with Crippen LogP contribution in [0.25, 0.3) is 0 Å². The fourth-order valence-corrected chi connectivity index (χ4v) is 2.71. The Morgan fingerprint density at radius 1 is 1.39 bits per heavy atom. The Bertz CT molecular complexity index is 479. The van der Waals surface area contributed by atoms with E-state index in [1.165, 1.54) is 7.05 Å². The van der Waals surface area contributed by atoms with Gasteiger partial charge in [0.2, 0.25) is 11.6 Å². The van der Waals surface area contributed by atoms with Crippen LogP contribution < -0.4 is 5.32 Å². The third-order valence-electron chi connectivity index (χ3n) is 3.07. The van der Waals surface area contributed by atoms with E-state index >= 15 is 0 Å². The summed E-state index contributed by atoms with van der Waals surface area (Å²) in [5.41, 5.74) is -1.20. The zero-order chi connectivity index (χ0) is 13.3. The lowest BCUT2D eigenvalue weighted by atomic mass is 9.98. The molecule has 0 spiro atoms. The maximum Gasteiger partial charge on any atom is 0.275 e. The summed E-state index contributed by atoms with van der Waals surface area (Å²) in [4.78, 5) is 23.9. The van der Waals surface area contributed by atoms with E-state index < -0.39 is 16.5 Å². The van der Waals surface area contributed by atoms with Gasteiger partial charge in [-0.15, -0.1) is 0 Å². The van der Waals surface area contributed by atoms with E-state index in [1.54, 1.807) is 24.3 Å². The van der Waals surface area contributed by atoms with Gasteiger partial charge in [-0.3, -0.25) is 9.59 Å². The highest BCUT2D eigenvalue weighted by Crippen LogP contribution is 2.37. The first-order valence-corrected chi connectivity index (χ1v) is 6.36.